The highest BCUT2D eigenvalue weighted by molar-refractivity contribution is 5.70. The second kappa shape index (κ2) is 6.38. The first kappa shape index (κ1) is 14.9. The number of aliphatic hydroxyl groups is 1. The van der Waals surface area contributed by atoms with Gasteiger partial charge in [0.25, 0.3) is 0 Å². The van der Waals surface area contributed by atoms with Crippen LogP contribution >= 0.6 is 0 Å². The smallest absolute Gasteiger partial charge is 0.161 e. The minimum Gasteiger partial charge on any atom is -0.486 e. The van der Waals surface area contributed by atoms with E-state index in [2.05, 4.69) is 23.1 Å². The lowest BCUT2D eigenvalue weighted by atomic mass is 9.97. The zero-order valence-electron chi connectivity index (χ0n) is 13.0. The third-order valence-electron chi connectivity index (χ3n) is 3.69. The van der Waals surface area contributed by atoms with E-state index in [1.54, 1.807) is 0 Å². The molecular formula is C18H21NO3. The van der Waals surface area contributed by atoms with Crippen LogP contribution in [0.15, 0.2) is 36.4 Å². The number of aliphatic hydroxyl groups excluding tert-OH is 1. The molecule has 0 radical (unpaired) electrons. The van der Waals surface area contributed by atoms with Gasteiger partial charge in [-0.3, -0.25) is 0 Å². The minimum atomic E-state index is 0.0189. The Hall–Kier alpha value is -2.04. The largest absolute Gasteiger partial charge is 0.486 e. The highest BCUT2D eigenvalue weighted by Gasteiger charge is 2.14. The molecule has 1 aliphatic heterocycles. The molecule has 4 heteroatoms. The lowest BCUT2D eigenvalue weighted by Crippen LogP contribution is -2.15. The Bertz CT molecular complexity index is 667. The van der Waals surface area contributed by atoms with Crippen molar-refractivity contribution in [3.63, 3.8) is 0 Å². The summed E-state index contributed by atoms with van der Waals surface area (Å²) in [5.74, 6) is 1.55. The SMILES string of the molecule is CN(C)Cc1ccc(-c2ccc3c(c2)OCCO3)c(CO)c1. The van der Waals surface area contributed by atoms with Crippen molar-refractivity contribution < 1.29 is 14.6 Å². The summed E-state index contributed by atoms with van der Waals surface area (Å²) in [7, 11) is 4.07. The van der Waals surface area contributed by atoms with Gasteiger partial charge in [-0.05, 0) is 48.5 Å². The molecule has 1 N–H and O–H groups in total. The van der Waals surface area contributed by atoms with Crippen LogP contribution in [-0.2, 0) is 13.2 Å². The second-order valence-corrected chi connectivity index (χ2v) is 5.75. The van der Waals surface area contributed by atoms with Crippen molar-refractivity contribution in [2.75, 3.05) is 27.3 Å². The van der Waals surface area contributed by atoms with Crippen LogP contribution in [0.3, 0.4) is 0 Å². The van der Waals surface area contributed by atoms with E-state index in [9.17, 15) is 5.11 Å². The Morgan fingerprint density at radius 2 is 1.77 bits per heavy atom. The average molecular weight is 299 g/mol. The summed E-state index contributed by atoms with van der Waals surface area (Å²) in [5, 5.41) is 9.71. The molecule has 0 amide bonds. The van der Waals surface area contributed by atoms with Gasteiger partial charge in [-0.15, -0.1) is 0 Å². The lowest BCUT2D eigenvalue weighted by molar-refractivity contribution is 0.171. The highest BCUT2D eigenvalue weighted by Crippen LogP contribution is 2.35. The molecule has 4 nitrogen and oxygen atoms in total. The molecule has 0 aromatic heterocycles. The third-order valence-corrected chi connectivity index (χ3v) is 3.69. The molecule has 1 aliphatic rings. The van der Waals surface area contributed by atoms with Gasteiger partial charge in [0.1, 0.15) is 13.2 Å². The van der Waals surface area contributed by atoms with E-state index in [4.69, 9.17) is 9.47 Å². The van der Waals surface area contributed by atoms with Gasteiger partial charge in [0.05, 0.1) is 6.61 Å². The number of hydrogen-bond donors (Lipinski definition) is 1. The highest BCUT2D eigenvalue weighted by atomic mass is 16.6. The van der Waals surface area contributed by atoms with Crippen LogP contribution in [-0.4, -0.2) is 37.3 Å². The van der Waals surface area contributed by atoms with Gasteiger partial charge >= 0.3 is 0 Å². The van der Waals surface area contributed by atoms with E-state index < -0.39 is 0 Å². The van der Waals surface area contributed by atoms with Crippen LogP contribution in [0, 0.1) is 0 Å². The van der Waals surface area contributed by atoms with Crippen molar-refractivity contribution in [2.24, 2.45) is 0 Å². The van der Waals surface area contributed by atoms with Crippen molar-refractivity contribution >= 4 is 0 Å². The van der Waals surface area contributed by atoms with Crippen molar-refractivity contribution in [3.05, 3.63) is 47.5 Å². The first-order valence-electron chi connectivity index (χ1n) is 7.45. The first-order valence-corrected chi connectivity index (χ1v) is 7.45. The van der Waals surface area contributed by atoms with Gasteiger partial charge in [0.2, 0.25) is 0 Å². The Morgan fingerprint density at radius 3 is 2.50 bits per heavy atom. The van der Waals surface area contributed by atoms with E-state index in [1.807, 2.05) is 32.3 Å². The molecule has 22 heavy (non-hydrogen) atoms. The van der Waals surface area contributed by atoms with Crippen LogP contribution in [0.5, 0.6) is 11.5 Å². The third kappa shape index (κ3) is 3.08. The van der Waals surface area contributed by atoms with Crippen molar-refractivity contribution in [2.45, 2.75) is 13.2 Å². The number of nitrogens with zero attached hydrogens (tertiary/aromatic N) is 1. The van der Waals surface area contributed by atoms with E-state index >= 15 is 0 Å². The molecule has 0 saturated heterocycles. The van der Waals surface area contributed by atoms with Gasteiger partial charge in [0.15, 0.2) is 11.5 Å². The Kier molecular flexibility index (Phi) is 4.32. The van der Waals surface area contributed by atoms with Crippen LogP contribution in [0.4, 0.5) is 0 Å². The summed E-state index contributed by atoms with van der Waals surface area (Å²) >= 11 is 0. The average Bonchev–Trinajstić information content (AvgIpc) is 2.53. The number of benzene rings is 2. The maximum atomic E-state index is 9.71. The monoisotopic (exact) mass is 299 g/mol. The minimum absolute atomic E-state index is 0.0189. The second-order valence-electron chi connectivity index (χ2n) is 5.75. The number of hydrogen-bond acceptors (Lipinski definition) is 4. The molecule has 116 valence electrons. The predicted octanol–water partition coefficient (Wildman–Crippen LogP) is 2.68. The summed E-state index contributed by atoms with van der Waals surface area (Å²) < 4.78 is 11.2. The fourth-order valence-corrected chi connectivity index (χ4v) is 2.73. The standard InChI is InChI=1S/C18H21NO3/c1-19(2)11-13-3-5-16(15(9-13)12-20)14-4-6-17-18(10-14)22-8-7-21-17/h3-6,9-10,20H,7-8,11-12H2,1-2H3. The molecule has 0 unspecified atom stereocenters. The van der Waals surface area contributed by atoms with Gasteiger partial charge in [-0.25, -0.2) is 0 Å². The zero-order chi connectivity index (χ0) is 15.5. The molecule has 0 aliphatic carbocycles. The van der Waals surface area contributed by atoms with Gasteiger partial charge < -0.3 is 19.5 Å². The fourth-order valence-electron chi connectivity index (χ4n) is 2.73. The lowest BCUT2D eigenvalue weighted by Gasteiger charge is -2.19. The van der Waals surface area contributed by atoms with E-state index in [1.165, 1.54) is 5.56 Å². The van der Waals surface area contributed by atoms with Gasteiger partial charge in [-0.1, -0.05) is 24.3 Å². The molecule has 0 spiro atoms. The molecule has 2 aromatic rings. The number of rotatable bonds is 4. The molecule has 0 saturated carbocycles. The van der Waals surface area contributed by atoms with Gasteiger partial charge in [-0.2, -0.15) is 0 Å². The predicted molar refractivity (Wildman–Crippen MR) is 86.2 cm³/mol. The van der Waals surface area contributed by atoms with Crippen molar-refractivity contribution in [3.8, 4) is 22.6 Å². The maximum absolute atomic E-state index is 9.71. The summed E-state index contributed by atoms with van der Waals surface area (Å²) in [6.45, 7) is 2.04. The molecule has 2 aromatic carbocycles. The molecule has 0 atom stereocenters. The van der Waals surface area contributed by atoms with E-state index in [0.717, 1.165) is 34.7 Å². The summed E-state index contributed by atoms with van der Waals surface area (Å²) in [5.41, 5.74) is 4.18. The Morgan fingerprint density at radius 1 is 1.00 bits per heavy atom. The maximum Gasteiger partial charge on any atom is 0.161 e. The number of ether oxygens (including phenoxy) is 2. The molecule has 0 fully saturated rings. The topological polar surface area (TPSA) is 41.9 Å². The Balaban J connectivity index is 1.97. The summed E-state index contributed by atoms with van der Waals surface area (Å²) in [6, 6.07) is 12.1. The quantitative estimate of drug-likeness (QED) is 0.942. The molecule has 0 bridgehead atoms. The molecular weight excluding hydrogens is 278 g/mol. The van der Waals surface area contributed by atoms with Crippen molar-refractivity contribution in [1.82, 2.24) is 4.90 Å². The summed E-state index contributed by atoms with van der Waals surface area (Å²) in [6.07, 6.45) is 0. The number of fused-ring (bicyclic) bond motifs is 1. The first-order chi connectivity index (χ1) is 10.7. The van der Waals surface area contributed by atoms with Crippen LogP contribution in [0.1, 0.15) is 11.1 Å². The molecule has 3 rings (SSSR count). The Labute approximate surface area is 130 Å². The van der Waals surface area contributed by atoms with E-state index in [-0.39, 0.29) is 6.61 Å². The zero-order valence-corrected chi connectivity index (χ0v) is 13.0. The van der Waals surface area contributed by atoms with Crippen LogP contribution in [0.2, 0.25) is 0 Å². The van der Waals surface area contributed by atoms with E-state index in [0.29, 0.717) is 13.2 Å². The normalized spacial score (nSPS) is 13.5. The van der Waals surface area contributed by atoms with Crippen molar-refractivity contribution in [1.29, 1.82) is 0 Å². The van der Waals surface area contributed by atoms with Crippen LogP contribution in [0.25, 0.3) is 11.1 Å². The summed E-state index contributed by atoms with van der Waals surface area (Å²) in [4.78, 5) is 2.11. The van der Waals surface area contributed by atoms with Gasteiger partial charge in [0, 0.05) is 6.54 Å². The van der Waals surface area contributed by atoms with Crippen LogP contribution < -0.4 is 9.47 Å². The fraction of sp³-hybridized carbons (Fsp3) is 0.333. The molecule has 1 heterocycles.